The fourth-order valence-electron chi connectivity index (χ4n) is 3.72. The monoisotopic (exact) mass is 500 g/mol. The number of thioether (sulfide) groups is 1. The van der Waals surface area contributed by atoms with Gasteiger partial charge in [-0.25, -0.2) is 0 Å². The number of hydrogen-bond acceptors (Lipinski definition) is 5. The summed E-state index contributed by atoms with van der Waals surface area (Å²) in [5.74, 6) is 1.64. The van der Waals surface area contributed by atoms with Gasteiger partial charge in [0.1, 0.15) is 5.75 Å². The molecule has 0 saturated heterocycles. The van der Waals surface area contributed by atoms with Crippen LogP contribution in [0.25, 0.3) is 17.1 Å². The molecule has 0 aliphatic heterocycles. The lowest BCUT2D eigenvalue weighted by Crippen LogP contribution is -2.14. The Morgan fingerprint density at radius 3 is 2.22 bits per heavy atom. The number of ether oxygens (including phenoxy) is 1. The third kappa shape index (κ3) is 6.15. The molecule has 1 amide bonds. The van der Waals surface area contributed by atoms with Gasteiger partial charge in [0.2, 0.25) is 5.91 Å². The Bertz CT molecular complexity index is 1310. The Labute approximate surface area is 217 Å². The Hall–Kier alpha value is -3.58. The van der Waals surface area contributed by atoms with Gasteiger partial charge in [0.15, 0.2) is 11.0 Å². The highest BCUT2D eigenvalue weighted by atomic mass is 32.2. The molecule has 0 radical (unpaired) electrons. The lowest BCUT2D eigenvalue weighted by atomic mass is 9.87. The van der Waals surface area contributed by atoms with Gasteiger partial charge in [0.05, 0.1) is 12.4 Å². The van der Waals surface area contributed by atoms with E-state index in [1.54, 1.807) is 0 Å². The summed E-state index contributed by atoms with van der Waals surface area (Å²) in [6.45, 7) is 11.2. The van der Waals surface area contributed by atoms with Crippen molar-refractivity contribution in [1.82, 2.24) is 14.8 Å². The van der Waals surface area contributed by atoms with Crippen LogP contribution in [0.3, 0.4) is 0 Å². The normalized spacial score (nSPS) is 11.4. The molecular weight excluding hydrogens is 468 g/mol. The van der Waals surface area contributed by atoms with E-state index in [9.17, 15) is 4.79 Å². The molecule has 0 aliphatic carbocycles. The third-order valence-corrected chi connectivity index (χ3v) is 6.65. The van der Waals surface area contributed by atoms with Crippen LogP contribution in [-0.4, -0.2) is 33.0 Å². The Kier molecular flexibility index (Phi) is 7.79. The summed E-state index contributed by atoms with van der Waals surface area (Å²) in [4.78, 5) is 12.6. The van der Waals surface area contributed by atoms with Crippen LogP contribution in [-0.2, 0) is 10.2 Å². The highest BCUT2D eigenvalue weighted by molar-refractivity contribution is 7.99. The average Bonchev–Trinajstić information content (AvgIpc) is 3.28. The zero-order chi connectivity index (χ0) is 25.7. The van der Waals surface area contributed by atoms with Gasteiger partial charge in [-0.05, 0) is 61.2 Å². The second-order valence-corrected chi connectivity index (χ2v) is 10.5. The number of nitrogens with zero attached hydrogens (tertiary/aromatic N) is 3. The smallest absolute Gasteiger partial charge is 0.234 e. The maximum atomic E-state index is 12.6. The van der Waals surface area contributed by atoms with E-state index in [-0.39, 0.29) is 17.1 Å². The molecule has 1 N–H and O–H groups in total. The third-order valence-electron chi connectivity index (χ3n) is 5.72. The minimum absolute atomic E-state index is 0.0626. The molecule has 0 spiro atoms. The maximum absolute atomic E-state index is 12.6. The second kappa shape index (κ2) is 11.0. The highest BCUT2D eigenvalue weighted by Crippen LogP contribution is 2.31. The quantitative estimate of drug-likeness (QED) is 0.274. The molecule has 3 aromatic carbocycles. The SMILES string of the molecule is CCOc1ccc(-n2c(SCC(=O)Nc3ccc(C)cc3)nnc2-c2ccc(C(C)(C)C)cc2)cc1. The first-order valence-corrected chi connectivity index (χ1v) is 13.0. The summed E-state index contributed by atoms with van der Waals surface area (Å²) < 4.78 is 7.60. The number of amides is 1. The Morgan fingerprint density at radius 1 is 0.944 bits per heavy atom. The van der Waals surface area contributed by atoms with Gasteiger partial charge in [0, 0.05) is 16.9 Å². The first-order valence-electron chi connectivity index (χ1n) is 12.0. The first-order chi connectivity index (χ1) is 17.2. The summed E-state index contributed by atoms with van der Waals surface area (Å²) in [6.07, 6.45) is 0. The van der Waals surface area contributed by atoms with E-state index >= 15 is 0 Å². The maximum Gasteiger partial charge on any atom is 0.234 e. The Morgan fingerprint density at radius 2 is 1.61 bits per heavy atom. The predicted molar refractivity (Wildman–Crippen MR) is 147 cm³/mol. The van der Waals surface area contributed by atoms with Crippen LogP contribution >= 0.6 is 11.8 Å². The number of nitrogens with one attached hydrogen (secondary N) is 1. The van der Waals surface area contributed by atoms with Crippen molar-refractivity contribution >= 4 is 23.4 Å². The molecule has 0 bridgehead atoms. The van der Waals surface area contributed by atoms with Gasteiger partial charge in [0.25, 0.3) is 0 Å². The van der Waals surface area contributed by atoms with Gasteiger partial charge in [-0.15, -0.1) is 10.2 Å². The van der Waals surface area contributed by atoms with Crippen LogP contribution in [0.2, 0.25) is 0 Å². The van der Waals surface area contributed by atoms with Crippen molar-refractivity contribution in [3.8, 4) is 22.8 Å². The largest absolute Gasteiger partial charge is 0.494 e. The van der Waals surface area contributed by atoms with Crippen molar-refractivity contribution in [2.75, 3.05) is 17.7 Å². The van der Waals surface area contributed by atoms with Crippen molar-refractivity contribution in [1.29, 1.82) is 0 Å². The van der Waals surface area contributed by atoms with Crippen LogP contribution in [0.5, 0.6) is 5.75 Å². The van der Waals surface area contributed by atoms with Gasteiger partial charge in [-0.1, -0.05) is 74.5 Å². The summed E-state index contributed by atoms with van der Waals surface area (Å²) in [7, 11) is 0. The molecular formula is C29H32N4O2S. The van der Waals surface area contributed by atoms with Crippen LogP contribution in [0.4, 0.5) is 5.69 Å². The van der Waals surface area contributed by atoms with Gasteiger partial charge in [-0.3, -0.25) is 9.36 Å². The molecule has 1 aromatic heterocycles. The van der Waals surface area contributed by atoms with Crippen LogP contribution in [0, 0.1) is 6.92 Å². The number of rotatable bonds is 8. The van der Waals surface area contributed by atoms with E-state index in [0.717, 1.165) is 34.1 Å². The predicted octanol–water partition coefficient (Wildman–Crippen LogP) is 6.67. The molecule has 36 heavy (non-hydrogen) atoms. The molecule has 0 fully saturated rings. The van der Waals surface area contributed by atoms with E-state index in [4.69, 9.17) is 4.74 Å². The van der Waals surface area contributed by atoms with Crippen molar-refractivity contribution in [3.05, 3.63) is 83.9 Å². The molecule has 186 valence electrons. The number of aromatic nitrogens is 3. The van der Waals surface area contributed by atoms with Crippen molar-refractivity contribution in [2.24, 2.45) is 0 Å². The second-order valence-electron chi connectivity index (χ2n) is 9.60. The minimum Gasteiger partial charge on any atom is -0.494 e. The summed E-state index contributed by atoms with van der Waals surface area (Å²) >= 11 is 1.36. The molecule has 1 heterocycles. The molecule has 0 atom stereocenters. The molecule has 0 saturated carbocycles. The van der Waals surface area contributed by atoms with E-state index in [2.05, 4.69) is 60.6 Å². The lowest BCUT2D eigenvalue weighted by Gasteiger charge is -2.19. The molecule has 7 heteroatoms. The Balaban J connectivity index is 1.62. The van der Waals surface area contributed by atoms with Crippen molar-refractivity contribution in [2.45, 2.75) is 45.2 Å². The van der Waals surface area contributed by atoms with Gasteiger partial charge in [-0.2, -0.15) is 0 Å². The number of aryl methyl sites for hydroxylation is 1. The summed E-state index contributed by atoms with van der Waals surface area (Å²) in [6, 6.07) is 24.0. The first kappa shape index (κ1) is 25.5. The molecule has 6 nitrogen and oxygen atoms in total. The van der Waals surface area contributed by atoms with Gasteiger partial charge < -0.3 is 10.1 Å². The van der Waals surface area contributed by atoms with E-state index < -0.39 is 0 Å². The number of hydrogen-bond donors (Lipinski definition) is 1. The van der Waals surface area contributed by atoms with Crippen LogP contribution < -0.4 is 10.1 Å². The van der Waals surface area contributed by atoms with Crippen molar-refractivity contribution < 1.29 is 9.53 Å². The summed E-state index contributed by atoms with van der Waals surface area (Å²) in [5.41, 5.74) is 5.10. The van der Waals surface area contributed by atoms with E-state index in [1.165, 1.54) is 17.3 Å². The topological polar surface area (TPSA) is 69.0 Å². The number of carbonyl (C=O) groups is 1. The lowest BCUT2D eigenvalue weighted by molar-refractivity contribution is -0.113. The number of anilines is 1. The molecule has 0 unspecified atom stereocenters. The fourth-order valence-corrected chi connectivity index (χ4v) is 4.48. The van der Waals surface area contributed by atoms with Crippen LogP contribution in [0.15, 0.2) is 78.0 Å². The molecule has 0 aliphatic rings. The number of carbonyl (C=O) groups excluding carboxylic acids is 1. The zero-order valence-electron chi connectivity index (χ0n) is 21.4. The highest BCUT2D eigenvalue weighted by Gasteiger charge is 2.19. The average molecular weight is 501 g/mol. The standard InChI is InChI=1S/C29H32N4O2S/c1-6-35-25-17-15-24(16-18-25)33-27(21-9-11-22(12-10-21)29(3,4)5)31-32-28(33)36-19-26(34)30-23-13-7-20(2)8-14-23/h7-18H,6,19H2,1-5H3,(H,30,34). The number of benzene rings is 3. The zero-order valence-corrected chi connectivity index (χ0v) is 22.2. The fraction of sp³-hybridized carbons (Fsp3) is 0.276. The molecule has 4 aromatic rings. The van der Waals surface area contributed by atoms with Crippen LogP contribution in [0.1, 0.15) is 38.8 Å². The van der Waals surface area contributed by atoms with E-state index in [1.807, 2.05) is 66.9 Å². The van der Waals surface area contributed by atoms with Crippen molar-refractivity contribution in [3.63, 3.8) is 0 Å². The minimum atomic E-state index is -0.0961. The van der Waals surface area contributed by atoms with Gasteiger partial charge >= 0.3 is 0 Å². The molecule has 4 rings (SSSR count). The van der Waals surface area contributed by atoms with E-state index in [0.29, 0.717) is 11.8 Å². The summed E-state index contributed by atoms with van der Waals surface area (Å²) in [5, 5.41) is 12.6.